The zero-order chi connectivity index (χ0) is 11.6. The van der Waals surface area contributed by atoms with Crippen LogP contribution in [0.4, 0.5) is 0 Å². The summed E-state index contributed by atoms with van der Waals surface area (Å²) < 4.78 is 5.94. The molecule has 0 heterocycles. The summed E-state index contributed by atoms with van der Waals surface area (Å²) in [5, 5.41) is 0. The van der Waals surface area contributed by atoms with Crippen molar-refractivity contribution in [3.05, 3.63) is 42.8 Å². The van der Waals surface area contributed by atoms with E-state index in [-0.39, 0.29) is 0 Å². The molecule has 0 saturated carbocycles. The molecule has 1 aromatic carbocycles. The largest absolute Gasteiger partial charge is 0.374 e. The molecule has 0 spiro atoms. The van der Waals surface area contributed by atoms with Gasteiger partial charge in [-0.2, -0.15) is 0 Å². The second kappa shape index (κ2) is 8.35. The highest BCUT2D eigenvalue weighted by Crippen LogP contribution is 2.13. The van der Waals surface area contributed by atoms with E-state index in [1.807, 2.05) is 6.07 Å². The van der Waals surface area contributed by atoms with Gasteiger partial charge in [0.05, 0.1) is 12.7 Å². The van der Waals surface area contributed by atoms with Gasteiger partial charge >= 0.3 is 0 Å². The Morgan fingerprint density at radius 2 is 1.94 bits per heavy atom. The molecule has 0 aliphatic carbocycles. The lowest BCUT2D eigenvalue weighted by Gasteiger charge is -2.16. The number of ether oxygens (including phenoxy) is 1. The van der Waals surface area contributed by atoms with Gasteiger partial charge in [0.25, 0.3) is 0 Å². The van der Waals surface area contributed by atoms with Gasteiger partial charge in [-0.1, -0.05) is 63.4 Å². The molecule has 0 N–H and O–H groups in total. The van der Waals surface area contributed by atoms with Gasteiger partial charge < -0.3 is 4.74 Å². The van der Waals surface area contributed by atoms with E-state index in [1.165, 1.54) is 18.4 Å². The summed E-state index contributed by atoms with van der Waals surface area (Å²) in [5.41, 5.74) is 1.26. The van der Waals surface area contributed by atoms with Crippen molar-refractivity contribution in [1.82, 2.24) is 0 Å². The van der Waals surface area contributed by atoms with Crippen LogP contribution >= 0.6 is 0 Å². The van der Waals surface area contributed by atoms with Crippen LogP contribution in [-0.2, 0) is 11.3 Å². The monoisotopic (exact) mass is 219 g/mol. The number of rotatable bonds is 8. The summed E-state index contributed by atoms with van der Waals surface area (Å²) in [4.78, 5) is 0. The average molecular weight is 219 g/mol. The minimum Gasteiger partial charge on any atom is -0.374 e. The Balaban J connectivity index is 2.31. The Morgan fingerprint density at radius 3 is 2.56 bits per heavy atom. The third kappa shape index (κ3) is 5.32. The molecule has 0 amide bonds. The highest BCUT2D eigenvalue weighted by molar-refractivity contribution is 5.13. The van der Waals surface area contributed by atoms with Crippen molar-refractivity contribution >= 4 is 0 Å². The number of unbranched alkanes of at least 4 members (excludes halogenated alkanes) is 1. The Labute approximate surface area is 99.8 Å². The minimum absolute atomic E-state index is 0.409. The zero-order valence-electron chi connectivity index (χ0n) is 10.3. The average Bonchev–Trinajstić information content (AvgIpc) is 2.34. The van der Waals surface area contributed by atoms with E-state index in [4.69, 9.17) is 4.74 Å². The van der Waals surface area contributed by atoms with Gasteiger partial charge in [0.1, 0.15) is 0 Å². The lowest BCUT2D eigenvalue weighted by Crippen LogP contribution is -2.12. The lowest BCUT2D eigenvalue weighted by molar-refractivity contribution is 0.0279. The van der Waals surface area contributed by atoms with Crippen LogP contribution in [0.5, 0.6) is 0 Å². The van der Waals surface area contributed by atoms with Crippen LogP contribution in [-0.4, -0.2) is 6.10 Å². The molecule has 1 nitrogen and oxygen atoms in total. The van der Waals surface area contributed by atoms with Gasteiger partial charge in [0.15, 0.2) is 0 Å². The fourth-order valence-corrected chi connectivity index (χ4v) is 1.79. The van der Waals surface area contributed by atoms with Crippen LogP contribution in [0.3, 0.4) is 0 Å². The van der Waals surface area contributed by atoms with E-state index in [9.17, 15) is 0 Å². The van der Waals surface area contributed by atoms with Gasteiger partial charge in [-0.15, -0.1) is 0 Å². The summed E-state index contributed by atoms with van der Waals surface area (Å²) in [6, 6.07) is 10.4. The van der Waals surface area contributed by atoms with Crippen molar-refractivity contribution in [1.29, 1.82) is 0 Å². The predicted molar refractivity (Wildman–Crippen MR) is 69.1 cm³/mol. The molecule has 0 bridgehead atoms. The van der Waals surface area contributed by atoms with Gasteiger partial charge in [0, 0.05) is 0 Å². The van der Waals surface area contributed by atoms with Gasteiger partial charge in [-0.3, -0.25) is 0 Å². The number of hydrogen-bond donors (Lipinski definition) is 0. The fourth-order valence-electron chi connectivity index (χ4n) is 1.79. The van der Waals surface area contributed by atoms with E-state index in [1.54, 1.807) is 0 Å². The van der Waals surface area contributed by atoms with Crippen molar-refractivity contribution in [2.24, 2.45) is 0 Å². The van der Waals surface area contributed by atoms with Crippen LogP contribution in [0.25, 0.3) is 0 Å². The maximum Gasteiger partial charge on any atom is 0.0720 e. The van der Waals surface area contributed by atoms with E-state index >= 15 is 0 Å². The summed E-state index contributed by atoms with van der Waals surface area (Å²) in [6.45, 7) is 6.83. The van der Waals surface area contributed by atoms with Crippen molar-refractivity contribution in [3.8, 4) is 0 Å². The molecule has 0 aliphatic heterocycles. The molecule has 0 aliphatic rings. The summed E-state index contributed by atoms with van der Waals surface area (Å²) in [5.74, 6) is 0. The summed E-state index contributed by atoms with van der Waals surface area (Å²) in [7, 11) is 0. The van der Waals surface area contributed by atoms with Crippen LogP contribution in [0.2, 0.25) is 0 Å². The topological polar surface area (TPSA) is 9.23 Å². The standard InChI is InChI=1S/C15H23O/c1-3-5-12-15(9-4-2)16-13-14-10-7-6-8-11-14/h6-8,10-11,15H,1,3-5,9,12-13H2,2H3. The molecule has 0 fully saturated rings. The summed E-state index contributed by atoms with van der Waals surface area (Å²) in [6.07, 6.45) is 6.08. The second-order valence-corrected chi connectivity index (χ2v) is 4.20. The van der Waals surface area contributed by atoms with Crippen molar-refractivity contribution in [3.63, 3.8) is 0 Å². The first-order valence-electron chi connectivity index (χ1n) is 6.31. The van der Waals surface area contributed by atoms with Crippen molar-refractivity contribution in [2.45, 2.75) is 51.7 Å². The third-order valence-corrected chi connectivity index (χ3v) is 2.72. The molecule has 1 heteroatoms. The van der Waals surface area contributed by atoms with Crippen molar-refractivity contribution in [2.75, 3.05) is 0 Å². The molecule has 0 aromatic heterocycles. The fraction of sp³-hybridized carbons (Fsp3) is 0.533. The quantitative estimate of drug-likeness (QED) is 0.630. The Hall–Kier alpha value is -0.820. The lowest BCUT2D eigenvalue weighted by atomic mass is 10.1. The first-order chi connectivity index (χ1) is 7.86. The highest BCUT2D eigenvalue weighted by Gasteiger charge is 2.07. The molecule has 16 heavy (non-hydrogen) atoms. The number of hydrogen-bond acceptors (Lipinski definition) is 1. The van der Waals surface area contributed by atoms with Gasteiger partial charge in [-0.25, -0.2) is 0 Å². The molecular weight excluding hydrogens is 196 g/mol. The predicted octanol–water partition coefficient (Wildman–Crippen LogP) is 4.38. The molecule has 1 radical (unpaired) electrons. The molecule has 1 aromatic rings. The van der Waals surface area contributed by atoms with E-state index in [2.05, 4.69) is 38.1 Å². The zero-order valence-corrected chi connectivity index (χ0v) is 10.3. The smallest absolute Gasteiger partial charge is 0.0720 e. The molecule has 1 atom stereocenters. The van der Waals surface area contributed by atoms with Gasteiger partial charge in [-0.05, 0) is 18.4 Å². The van der Waals surface area contributed by atoms with Crippen LogP contribution in [0.1, 0.15) is 44.6 Å². The van der Waals surface area contributed by atoms with Gasteiger partial charge in [0.2, 0.25) is 0 Å². The molecular formula is C15H23O. The summed E-state index contributed by atoms with van der Waals surface area (Å²) >= 11 is 0. The molecule has 89 valence electrons. The molecule has 1 rings (SSSR count). The van der Waals surface area contributed by atoms with Crippen LogP contribution in [0, 0.1) is 6.92 Å². The Morgan fingerprint density at radius 1 is 1.19 bits per heavy atom. The first kappa shape index (κ1) is 13.2. The maximum atomic E-state index is 5.94. The molecule has 1 unspecified atom stereocenters. The first-order valence-corrected chi connectivity index (χ1v) is 6.31. The van der Waals surface area contributed by atoms with E-state index < -0.39 is 0 Å². The van der Waals surface area contributed by atoms with Crippen LogP contribution in [0.15, 0.2) is 30.3 Å². The number of benzene rings is 1. The van der Waals surface area contributed by atoms with E-state index in [0.29, 0.717) is 6.10 Å². The van der Waals surface area contributed by atoms with E-state index in [0.717, 1.165) is 25.9 Å². The Bertz CT molecular complexity index is 255. The second-order valence-electron chi connectivity index (χ2n) is 4.20. The minimum atomic E-state index is 0.409. The highest BCUT2D eigenvalue weighted by atomic mass is 16.5. The van der Waals surface area contributed by atoms with Crippen molar-refractivity contribution < 1.29 is 4.74 Å². The van der Waals surface area contributed by atoms with Crippen LogP contribution < -0.4 is 0 Å². The maximum absolute atomic E-state index is 5.94. The molecule has 0 saturated heterocycles. The Kier molecular flexibility index (Phi) is 6.91. The third-order valence-electron chi connectivity index (χ3n) is 2.72. The normalized spacial score (nSPS) is 12.6. The SMILES string of the molecule is [CH2]CCCC(CCC)OCc1ccccc1.